The van der Waals surface area contributed by atoms with E-state index in [0.717, 1.165) is 37.9 Å². The number of hydrogen-bond acceptors (Lipinski definition) is 3. The maximum absolute atomic E-state index is 12.3. The largest absolute Gasteiger partial charge is 0.324 e. The highest BCUT2D eigenvalue weighted by Gasteiger charge is 2.36. The van der Waals surface area contributed by atoms with E-state index >= 15 is 0 Å². The van der Waals surface area contributed by atoms with Crippen molar-refractivity contribution in [3.05, 3.63) is 29.8 Å². The number of nitrogens with zero attached hydrogens (tertiary/aromatic N) is 1. The Bertz CT molecular complexity index is 512. The molecule has 1 aliphatic heterocycles. The summed E-state index contributed by atoms with van der Waals surface area (Å²) in [6, 6.07) is 8.25. The first-order valence-electron chi connectivity index (χ1n) is 9.07. The molecule has 0 radical (unpaired) electrons. The van der Waals surface area contributed by atoms with Gasteiger partial charge in [-0.25, -0.2) is 0 Å². The van der Waals surface area contributed by atoms with Gasteiger partial charge in [0.1, 0.15) is 0 Å². The molecule has 1 amide bonds. The number of amides is 1. The molecule has 0 aromatic heterocycles. The molecule has 1 aromatic rings. The molecule has 0 atom stereocenters. The molecule has 1 aromatic carbocycles. The minimum atomic E-state index is -0.662. The number of rotatable bonds is 4. The van der Waals surface area contributed by atoms with Crippen LogP contribution in [0.4, 0.5) is 5.69 Å². The van der Waals surface area contributed by atoms with Crippen molar-refractivity contribution < 1.29 is 4.79 Å². The molecular formula is C19H29N3O. The summed E-state index contributed by atoms with van der Waals surface area (Å²) in [4.78, 5) is 14.9. The first-order valence-corrected chi connectivity index (χ1v) is 9.07. The van der Waals surface area contributed by atoms with E-state index in [-0.39, 0.29) is 5.91 Å². The first kappa shape index (κ1) is 16.5. The lowest BCUT2D eigenvalue weighted by molar-refractivity contribution is -0.121. The summed E-state index contributed by atoms with van der Waals surface area (Å²) in [5, 5.41) is 2.99. The molecule has 0 spiro atoms. The Labute approximate surface area is 139 Å². The lowest BCUT2D eigenvalue weighted by atomic mass is 9.98. The van der Waals surface area contributed by atoms with Gasteiger partial charge >= 0.3 is 0 Å². The van der Waals surface area contributed by atoms with E-state index in [1.54, 1.807) is 0 Å². The van der Waals surface area contributed by atoms with Crippen LogP contribution in [0.3, 0.4) is 0 Å². The van der Waals surface area contributed by atoms with Crippen LogP contribution >= 0.6 is 0 Å². The predicted molar refractivity (Wildman–Crippen MR) is 94.2 cm³/mol. The SMILES string of the molecule is NC1(C(=O)Nc2ccc(CN3CCCCCC3)cc2)CCCC1. The van der Waals surface area contributed by atoms with Crippen molar-refractivity contribution >= 4 is 11.6 Å². The van der Waals surface area contributed by atoms with Crippen LogP contribution < -0.4 is 11.1 Å². The van der Waals surface area contributed by atoms with Crippen molar-refractivity contribution in [1.29, 1.82) is 0 Å². The summed E-state index contributed by atoms with van der Waals surface area (Å²) in [5.41, 5.74) is 7.70. The van der Waals surface area contributed by atoms with Gasteiger partial charge in [-0.15, -0.1) is 0 Å². The fourth-order valence-corrected chi connectivity index (χ4v) is 3.73. The van der Waals surface area contributed by atoms with Crippen molar-refractivity contribution in [3.8, 4) is 0 Å². The summed E-state index contributed by atoms with van der Waals surface area (Å²) in [6.07, 6.45) is 9.05. The fourth-order valence-electron chi connectivity index (χ4n) is 3.73. The molecule has 3 rings (SSSR count). The van der Waals surface area contributed by atoms with Crippen molar-refractivity contribution in [2.45, 2.75) is 63.5 Å². The van der Waals surface area contributed by atoms with E-state index in [1.165, 1.54) is 44.3 Å². The highest BCUT2D eigenvalue weighted by molar-refractivity contribution is 5.98. The zero-order valence-electron chi connectivity index (χ0n) is 14.0. The molecule has 1 saturated heterocycles. The molecule has 1 aliphatic carbocycles. The van der Waals surface area contributed by atoms with E-state index < -0.39 is 5.54 Å². The molecule has 2 aliphatic rings. The Morgan fingerprint density at radius 2 is 1.61 bits per heavy atom. The van der Waals surface area contributed by atoms with Gasteiger partial charge in [-0.1, -0.05) is 37.8 Å². The number of anilines is 1. The quantitative estimate of drug-likeness (QED) is 0.896. The topological polar surface area (TPSA) is 58.4 Å². The van der Waals surface area contributed by atoms with E-state index in [4.69, 9.17) is 5.73 Å². The van der Waals surface area contributed by atoms with Crippen LogP contribution in [-0.2, 0) is 11.3 Å². The van der Waals surface area contributed by atoms with Gasteiger partial charge in [-0.3, -0.25) is 9.69 Å². The second-order valence-electron chi connectivity index (χ2n) is 7.20. The van der Waals surface area contributed by atoms with Crippen LogP contribution in [0.5, 0.6) is 0 Å². The van der Waals surface area contributed by atoms with Gasteiger partial charge in [-0.05, 0) is 56.5 Å². The maximum Gasteiger partial charge on any atom is 0.244 e. The number of carbonyl (C=O) groups is 1. The third kappa shape index (κ3) is 4.33. The molecule has 0 unspecified atom stereocenters. The van der Waals surface area contributed by atoms with Gasteiger partial charge in [0.2, 0.25) is 5.91 Å². The standard InChI is InChI=1S/C19H29N3O/c20-19(11-3-4-12-19)18(23)21-17-9-7-16(8-10-17)15-22-13-5-1-2-6-14-22/h7-10H,1-6,11-15,20H2,(H,21,23). The van der Waals surface area contributed by atoms with Crippen molar-refractivity contribution in [1.82, 2.24) is 4.90 Å². The van der Waals surface area contributed by atoms with Crippen molar-refractivity contribution in [2.75, 3.05) is 18.4 Å². The lowest BCUT2D eigenvalue weighted by Gasteiger charge is -2.22. The summed E-state index contributed by atoms with van der Waals surface area (Å²) >= 11 is 0. The van der Waals surface area contributed by atoms with Gasteiger partial charge in [0.25, 0.3) is 0 Å². The van der Waals surface area contributed by atoms with Crippen LogP contribution in [0.2, 0.25) is 0 Å². The molecule has 3 N–H and O–H groups in total. The highest BCUT2D eigenvalue weighted by Crippen LogP contribution is 2.28. The number of likely N-dealkylation sites (tertiary alicyclic amines) is 1. The monoisotopic (exact) mass is 315 g/mol. The van der Waals surface area contributed by atoms with Gasteiger partial charge < -0.3 is 11.1 Å². The molecule has 1 saturated carbocycles. The number of benzene rings is 1. The zero-order valence-corrected chi connectivity index (χ0v) is 14.0. The summed E-state index contributed by atoms with van der Waals surface area (Å²) < 4.78 is 0. The first-order chi connectivity index (χ1) is 11.2. The van der Waals surface area contributed by atoms with Crippen LogP contribution in [0.1, 0.15) is 56.9 Å². The second kappa shape index (κ2) is 7.45. The smallest absolute Gasteiger partial charge is 0.244 e. The van der Waals surface area contributed by atoms with Gasteiger partial charge in [-0.2, -0.15) is 0 Å². The number of hydrogen-bond donors (Lipinski definition) is 2. The van der Waals surface area contributed by atoms with Crippen LogP contribution in [0.25, 0.3) is 0 Å². The van der Waals surface area contributed by atoms with Crippen molar-refractivity contribution in [2.24, 2.45) is 5.73 Å². The average molecular weight is 315 g/mol. The van der Waals surface area contributed by atoms with Crippen LogP contribution in [0.15, 0.2) is 24.3 Å². The molecule has 1 heterocycles. The van der Waals surface area contributed by atoms with E-state index in [0.29, 0.717) is 0 Å². The predicted octanol–water partition coefficient (Wildman–Crippen LogP) is 3.27. The van der Waals surface area contributed by atoms with E-state index in [9.17, 15) is 4.79 Å². The van der Waals surface area contributed by atoms with Crippen molar-refractivity contribution in [3.63, 3.8) is 0 Å². The van der Waals surface area contributed by atoms with Gasteiger partial charge in [0.15, 0.2) is 0 Å². The molecule has 4 heteroatoms. The molecule has 0 bridgehead atoms. The Hall–Kier alpha value is -1.39. The minimum Gasteiger partial charge on any atom is -0.324 e. The normalized spacial score (nSPS) is 21.8. The Morgan fingerprint density at radius 3 is 2.22 bits per heavy atom. The van der Waals surface area contributed by atoms with E-state index in [2.05, 4.69) is 22.3 Å². The van der Waals surface area contributed by atoms with Gasteiger partial charge in [0, 0.05) is 12.2 Å². The molecule has 4 nitrogen and oxygen atoms in total. The molecule has 2 fully saturated rings. The van der Waals surface area contributed by atoms with Gasteiger partial charge in [0.05, 0.1) is 5.54 Å². The molecular weight excluding hydrogens is 286 g/mol. The Kier molecular flexibility index (Phi) is 5.34. The molecule has 23 heavy (non-hydrogen) atoms. The highest BCUT2D eigenvalue weighted by atomic mass is 16.2. The fraction of sp³-hybridized carbons (Fsp3) is 0.632. The summed E-state index contributed by atoms with van der Waals surface area (Å²) in [5.74, 6) is -0.0322. The number of nitrogens with one attached hydrogen (secondary N) is 1. The van der Waals surface area contributed by atoms with Crippen LogP contribution in [-0.4, -0.2) is 29.4 Å². The number of nitrogens with two attached hydrogens (primary N) is 1. The third-order valence-electron chi connectivity index (χ3n) is 5.26. The van der Waals surface area contributed by atoms with E-state index in [1.807, 2.05) is 12.1 Å². The minimum absolute atomic E-state index is 0.0322. The lowest BCUT2D eigenvalue weighted by Crippen LogP contribution is -2.48. The summed E-state index contributed by atoms with van der Waals surface area (Å²) in [7, 11) is 0. The average Bonchev–Trinajstić information content (AvgIpc) is 2.85. The number of carbonyl (C=O) groups excluding carboxylic acids is 1. The maximum atomic E-state index is 12.3. The second-order valence-corrected chi connectivity index (χ2v) is 7.20. The van der Waals surface area contributed by atoms with Crippen LogP contribution in [0, 0.1) is 0 Å². The third-order valence-corrected chi connectivity index (χ3v) is 5.26. The molecule has 126 valence electrons. The Morgan fingerprint density at radius 1 is 1.00 bits per heavy atom. The summed E-state index contributed by atoms with van der Waals surface area (Å²) in [6.45, 7) is 3.41. The Balaban J connectivity index is 1.55. The zero-order chi connectivity index (χ0) is 16.1.